The molecule has 0 saturated carbocycles. The Morgan fingerprint density at radius 3 is 2.74 bits per heavy atom. The van der Waals surface area contributed by atoms with Crippen LogP contribution < -0.4 is 5.32 Å². The van der Waals surface area contributed by atoms with Crippen molar-refractivity contribution < 1.29 is 0 Å². The fourth-order valence-corrected chi connectivity index (χ4v) is 3.00. The van der Waals surface area contributed by atoms with E-state index in [0.717, 1.165) is 28.1 Å². The molecule has 5 heteroatoms. The lowest BCUT2D eigenvalue weighted by atomic mass is 10.2. The molecule has 3 aromatic rings. The first-order valence-electron chi connectivity index (χ1n) is 5.87. The number of thiophene rings is 1. The zero-order valence-corrected chi connectivity index (χ0v) is 12.1. The molecular weight excluding hydrogens is 278 g/mol. The largest absolute Gasteiger partial charge is 0.373 e. The van der Waals surface area contributed by atoms with Crippen LogP contribution in [0.25, 0.3) is 22.3 Å². The molecule has 0 aliphatic heterocycles. The number of halogens is 1. The molecule has 0 fully saturated rings. The molecule has 96 valence electrons. The summed E-state index contributed by atoms with van der Waals surface area (Å²) in [7, 11) is 1.85. The standard InChI is InChI=1S/C14H12ClN3S/c1-8-6-19-7-11(8)14-17-12-4-3-9(15)5-10(12)13(16-2)18-14/h3-7H,1-2H3,(H,16,17,18). The van der Waals surface area contributed by atoms with Gasteiger partial charge in [-0.25, -0.2) is 9.97 Å². The molecule has 1 aromatic carbocycles. The van der Waals surface area contributed by atoms with Crippen molar-refractivity contribution >= 4 is 39.7 Å². The number of aryl methyl sites for hydroxylation is 1. The Balaban J connectivity index is 2.29. The van der Waals surface area contributed by atoms with Crippen LogP contribution in [0.2, 0.25) is 5.02 Å². The SMILES string of the molecule is CNc1nc(-c2cscc2C)nc2ccc(Cl)cc12. The predicted molar refractivity (Wildman–Crippen MR) is 82.1 cm³/mol. The molecule has 2 heterocycles. The maximum absolute atomic E-state index is 6.03. The van der Waals surface area contributed by atoms with E-state index in [2.05, 4.69) is 33.0 Å². The van der Waals surface area contributed by atoms with Crippen LogP contribution in [0.5, 0.6) is 0 Å². The lowest BCUT2D eigenvalue weighted by Gasteiger charge is -2.08. The summed E-state index contributed by atoms with van der Waals surface area (Å²) in [6.07, 6.45) is 0. The van der Waals surface area contributed by atoms with Crippen molar-refractivity contribution in [3.05, 3.63) is 39.5 Å². The molecular formula is C14H12ClN3S. The van der Waals surface area contributed by atoms with E-state index in [4.69, 9.17) is 11.6 Å². The summed E-state index contributed by atoms with van der Waals surface area (Å²) in [5.74, 6) is 1.55. The average Bonchev–Trinajstić information content (AvgIpc) is 2.84. The number of benzene rings is 1. The van der Waals surface area contributed by atoms with Gasteiger partial charge in [0, 0.05) is 28.4 Å². The maximum Gasteiger partial charge on any atom is 0.163 e. The first kappa shape index (κ1) is 12.4. The molecule has 0 aliphatic carbocycles. The molecule has 0 amide bonds. The van der Waals surface area contributed by atoms with Crippen molar-refractivity contribution in [2.24, 2.45) is 0 Å². The first-order chi connectivity index (χ1) is 9.19. The van der Waals surface area contributed by atoms with Gasteiger partial charge in [0.25, 0.3) is 0 Å². The highest BCUT2D eigenvalue weighted by molar-refractivity contribution is 7.08. The molecule has 19 heavy (non-hydrogen) atoms. The van der Waals surface area contributed by atoms with Crippen LogP contribution in [0.4, 0.5) is 5.82 Å². The Morgan fingerprint density at radius 2 is 2.05 bits per heavy atom. The second-order valence-corrected chi connectivity index (χ2v) is 5.46. The van der Waals surface area contributed by atoms with E-state index in [0.29, 0.717) is 5.02 Å². The summed E-state index contributed by atoms with van der Waals surface area (Å²) >= 11 is 7.69. The third-order valence-electron chi connectivity index (χ3n) is 2.99. The molecule has 0 aliphatic rings. The lowest BCUT2D eigenvalue weighted by Crippen LogP contribution is -1.98. The monoisotopic (exact) mass is 289 g/mol. The van der Waals surface area contributed by atoms with Gasteiger partial charge in [-0.3, -0.25) is 0 Å². The van der Waals surface area contributed by atoms with Crippen molar-refractivity contribution in [3.63, 3.8) is 0 Å². The smallest absolute Gasteiger partial charge is 0.163 e. The average molecular weight is 290 g/mol. The summed E-state index contributed by atoms with van der Waals surface area (Å²) in [6.45, 7) is 2.07. The Bertz CT molecular complexity index is 752. The van der Waals surface area contributed by atoms with Crippen LogP contribution in [0, 0.1) is 6.92 Å². The zero-order chi connectivity index (χ0) is 13.4. The highest BCUT2D eigenvalue weighted by atomic mass is 35.5. The zero-order valence-electron chi connectivity index (χ0n) is 10.6. The van der Waals surface area contributed by atoms with Gasteiger partial charge in [0.05, 0.1) is 5.52 Å². The molecule has 0 unspecified atom stereocenters. The molecule has 1 N–H and O–H groups in total. The molecule has 3 nitrogen and oxygen atoms in total. The Labute approximate surface area is 120 Å². The Hall–Kier alpha value is -1.65. The van der Waals surface area contributed by atoms with Crippen molar-refractivity contribution in [1.29, 1.82) is 0 Å². The van der Waals surface area contributed by atoms with Crippen LogP contribution in [0.3, 0.4) is 0 Å². The highest BCUT2D eigenvalue weighted by Gasteiger charge is 2.11. The summed E-state index contributed by atoms with van der Waals surface area (Å²) in [6, 6.07) is 5.65. The van der Waals surface area contributed by atoms with Crippen molar-refractivity contribution in [3.8, 4) is 11.4 Å². The van der Waals surface area contributed by atoms with E-state index < -0.39 is 0 Å². The topological polar surface area (TPSA) is 37.8 Å². The number of hydrogen-bond donors (Lipinski definition) is 1. The number of anilines is 1. The van der Waals surface area contributed by atoms with Gasteiger partial charge >= 0.3 is 0 Å². The molecule has 3 rings (SSSR count). The Morgan fingerprint density at radius 1 is 1.21 bits per heavy atom. The quantitative estimate of drug-likeness (QED) is 0.761. The van der Waals surface area contributed by atoms with Gasteiger partial charge in [-0.1, -0.05) is 11.6 Å². The highest BCUT2D eigenvalue weighted by Crippen LogP contribution is 2.29. The molecule has 0 bridgehead atoms. The summed E-state index contributed by atoms with van der Waals surface area (Å²) in [5, 5.41) is 8.91. The van der Waals surface area contributed by atoms with Crippen LogP contribution in [-0.2, 0) is 0 Å². The second-order valence-electron chi connectivity index (χ2n) is 4.28. The van der Waals surface area contributed by atoms with Crippen molar-refractivity contribution in [2.75, 3.05) is 12.4 Å². The minimum atomic E-state index is 0.687. The van der Waals surface area contributed by atoms with Gasteiger partial charge in [-0.2, -0.15) is 11.3 Å². The van der Waals surface area contributed by atoms with Crippen molar-refractivity contribution in [1.82, 2.24) is 9.97 Å². The number of hydrogen-bond acceptors (Lipinski definition) is 4. The van der Waals surface area contributed by atoms with Gasteiger partial charge in [0.1, 0.15) is 5.82 Å². The van der Waals surface area contributed by atoms with E-state index in [9.17, 15) is 0 Å². The molecule has 0 atom stereocenters. The third kappa shape index (κ3) is 2.17. The lowest BCUT2D eigenvalue weighted by molar-refractivity contribution is 1.21. The van der Waals surface area contributed by atoms with E-state index in [1.165, 1.54) is 5.56 Å². The Kier molecular flexibility index (Phi) is 3.12. The predicted octanol–water partition coefficient (Wildman–Crippen LogP) is 4.36. The molecule has 0 spiro atoms. The van der Waals surface area contributed by atoms with Gasteiger partial charge in [0.2, 0.25) is 0 Å². The van der Waals surface area contributed by atoms with Crippen molar-refractivity contribution in [2.45, 2.75) is 6.92 Å². The summed E-state index contributed by atoms with van der Waals surface area (Å²) in [5.41, 5.74) is 3.17. The van der Waals surface area contributed by atoms with Gasteiger partial charge < -0.3 is 5.32 Å². The number of nitrogens with one attached hydrogen (secondary N) is 1. The molecule has 2 aromatic heterocycles. The van der Waals surface area contributed by atoms with E-state index in [1.54, 1.807) is 11.3 Å². The second kappa shape index (κ2) is 4.79. The minimum absolute atomic E-state index is 0.687. The van der Waals surface area contributed by atoms with Crippen LogP contribution >= 0.6 is 22.9 Å². The van der Waals surface area contributed by atoms with E-state index >= 15 is 0 Å². The minimum Gasteiger partial charge on any atom is -0.373 e. The third-order valence-corrected chi connectivity index (χ3v) is 4.09. The van der Waals surface area contributed by atoms with Gasteiger partial charge in [0.15, 0.2) is 5.82 Å². The van der Waals surface area contributed by atoms with E-state index in [-0.39, 0.29) is 0 Å². The fraction of sp³-hybridized carbons (Fsp3) is 0.143. The molecule has 0 radical (unpaired) electrons. The maximum atomic E-state index is 6.03. The van der Waals surface area contributed by atoms with E-state index in [1.807, 2.05) is 25.2 Å². The number of fused-ring (bicyclic) bond motifs is 1. The normalized spacial score (nSPS) is 10.9. The summed E-state index contributed by atoms with van der Waals surface area (Å²) < 4.78 is 0. The van der Waals surface area contributed by atoms with Crippen LogP contribution in [0.15, 0.2) is 29.0 Å². The number of nitrogens with zero attached hydrogens (tertiary/aromatic N) is 2. The number of rotatable bonds is 2. The molecule has 0 saturated heterocycles. The number of aromatic nitrogens is 2. The van der Waals surface area contributed by atoms with Crippen LogP contribution in [0.1, 0.15) is 5.56 Å². The fourth-order valence-electron chi connectivity index (χ4n) is 2.00. The summed E-state index contributed by atoms with van der Waals surface area (Å²) in [4.78, 5) is 9.21. The van der Waals surface area contributed by atoms with Gasteiger partial charge in [-0.05, 0) is 36.1 Å². The van der Waals surface area contributed by atoms with Crippen LogP contribution in [-0.4, -0.2) is 17.0 Å². The first-order valence-corrected chi connectivity index (χ1v) is 7.19. The van der Waals surface area contributed by atoms with Gasteiger partial charge in [-0.15, -0.1) is 0 Å².